The van der Waals surface area contributed by atoms with Crippen molar-refractivity contribution in [1.82, 2.24) is 15.2 Å². The molecule has 8 heteroatoms. The zero-order valence-electron chi connectivity index (χ0n) is 12.3. The lowest BCUT2D eigenvalue weighted by atomic mass is 9.98. The fourth-order valence-corrected chi connectivity index (χ4v) is 3.23. The summed E-state index contributed by atoms with van der Waals surface area (Å²) in [4.78, 5) is 17.2. The third kappa shape index (κ3) is 2.93. The van der Waals surface area contributed by atoms with E-state index in [9.17, 15) is 4.79 Å². The molecule has 0 saturated carbocycles. The van der Waals surface area contributed by atoms with Gasteiger partial charge in [0.15, 0.2) is 17.8 Å². The average molecular weight is 334 g/mol. The average Bonchev–Trinajstić information content (AvgIpc) is 3.18. The maximum Gasteiger partial charge on any atom is 0.280 e. The minimum Gasteiger partial charge on any atom is -0.442 e. The molecule has 3 heterocycles. The molecule has 6 nitrogen and oxygen atoms in total. The molecule has 0 radical (unpaired) electrons. The van der Waals surface area contributed by atoms with Gasteiger partial charge in [0.1, 0.15) is 5.01 Å². The molecule has 1 amide bonds. The molecular formula is C14H14N4O2S2. The fourth-order valence-electron chi connectivity index (χ4n) is 1.72. The first kappa shape index (κ1) is 14.9. The molecule has 0 aromatic carbocycles. The van der Waals surface area contributed by atoms with Crippen LogP contribution in [-0.4, -0.2) is 21.1 Å². The van der Waals surface area contributed by atoms with Gasteiger partial charge in [-0.25, -0.2) is 4.98 Å². The van der Waals surface area contributed by atoms with Crippen LogP contribution in [0.25, 0.3) is 10.6 Å². The summed E-state index contributed by atoms with van der Waals surface area (Å²) >= 11 is 2.85. The van der Waals surface area contributed by atoms with Gasteiger partial charge in [0, 0.05) is 5.41 Å². The minimum atomic E-state index is -0.353. The minimum absolute atomic E-state index is 0.101. The van der Waals surface area contributed by atoms with Crippen molar-refractivity contribution in [3.05, 3.63) is 34.6 Å². The molecule has 0 atom stereocenters. The Labute approximate surface area is 135 Å². The number of carbonyl (C=O) groups excluding carboxylic acids is 1. The van der Waals surface area contributed by atoms with Gasteiger partial charge in [-0.15, -0.1) is 21.5 Å². The SMILES string of the molecule is CC(C)(C)c1nnc(NC(=O)c2ncoc2-c2cccs2)s1. The van der Waals surface area contributed by atoms with E-state index in [1.165, 1.54) is 29.1 Å². The topological polar surface area (TPSA) is 80.9 Å². The zero-order valence-corrected chi connectivity index (χ0v) is 13.9. The summed E-state index contributed by atoms with van der Waals surface area (Å²) < 4.78 is 5.33. The number of nitrogens with one attached hydrogen (secondary N) is 1. The van der Waals surface area contributed by atoms with Crippen LogP contribution in [0.2, 0.25) is 0 Å². The van der Waals surface area contributed by atoms with E-state index in [-0.39, 0.29) is 17.0 Å². The lowest BCUT2D eigenvalue weighted by Gasteiger charge is -2.12. The van der Waals surface area contributed by atoms with Crippen LogP contribution < -0.4 is 5.32 Å². The molecule has 22 heavy (non-hydrogen) atoms. The van der Waals surface area contributed by atoms with E-state index < -0.39 is 0 Å². The van der Waals surface area contributed by atoms with E-state index in [1.807, 2.05) is 38.3 Å². The molecule has 0 unspecified atom stereocenters. The molecule has 114 valence electrons. The third-order valence-corrected chi connectivity index (χ3v) is 4.95. The van der Waals surface area contributed by atoms with Crippen LogP contribution in [0.3, 0.4) is 0 Å². The van der Waals surface area contributed by atoms with Gasteiger partial charge >= 0.3 is 0 Å². The quantitative estimate of drug-likeness (QED) is 0.788. The number of nitrogens with zero attached hydrogens (tertiary/aromatic N) is 3. The molecule has 3 rings (SSSR count). The second kappa shape index (κ2) is 5.62. The predicted octanol–water partition coefficient (Wildman–Crippen LogP) is 3.80. The van der Waals surface area contributed by atoms with Crippen molar-refractivity contribution in [1.29, 1.82) is 0 Å². The molecule has 0 aliphatic heterocycles. The van der Waals surface area contributed by atoms with Crippen molar-refractivity contribution in [2.45, 2.75) is 26.2 Å². The van der Waals surface area contributed by atoms with Crippen molar-refractivity contribution in [3.8, 4) is 10.6 Å². The van der Waals surface area contributed by atoms with Crippen molar-refractivity contribution < 1.29 is 9.21 Å². The van der Waals surface area contributed by atoms with Crippen LogP contribution in [0.1, 0.15) is 36.3 Å². The van der Waals surface area contributed by atoms with Gasteiger partial charge in [-0.1, -0.05) is 38.2 Å². The maximum atomic E-state index is 12.4. The largest absolute Gasteiger partial charge is 0.442 e. The molecule has 0 aliphatic rings. The van der Waals surface area contributed by atoms with Gasteiger partial charge in [-0.3, -0.25) is 10.1 Å². The lowest BCUT2D eigenvalue weighted by Crippen LogP contribution is -2.13. The Bertz CT molecular complexity index is 784. The second-order valence-corrected chi connectivity index (χ2v) is 7.55. The van der Waals surface area contributed by atoms with Crippen molar-refractivity contribution in [2.75, 3.05) is 5.32 Å². The highest BCUT2D eigenvalue weighted by Crippen LogP contribution is 2.30. The molecule has 3 aromatic rings. The van der Waals surface area contributed by atoms with Crippen LogP contribution >= 0.6 is 22.7 Å². The van der Waals surface area contributed by atoms with Crippen LogP contribution in [0, 0.1) is 0 Å². The predicted molar refractivity (Wildman–Crippen MR) is 86.4 cm³/mol. The van der Waals surface area contributed by atoms with Gasteiger partial charge < -0.3 is 4.42 Å². The lowest BCUT2D eigenvalue weighted by molar-refractivity contribution is 0.102. The molecule has 1 N–H and O–H groups in total. The Balaban J connectivity index is 1.81. The van der Waals surface area contributed by atoms with E-state index in [2.05, 4.69) is 20.5 Å². The highest BCUT2D eigenvalue weighted by molar-refractivity contribution is 7.15. The highest BCUT2D eigenvalue weighted by Gasteiger charge is 2.23. The van der Waals surface area contributed by atoms with Crippen molar-refractivity contribution >= 4 is 33.7 Å². The standard InChI is InChI=1S/C14H14N4O2S2/c1-14(2,3)12-17-18-13(22-12)16-11(19)9-10(20-7-15-9)8-5-4-6-21-8/h4-7H,1-3H3,(H,16,18,19). The van der Waals surface area contributed by atoms with E-state index in [1.54, 1.807) is 0 Å². The van der Waals surface area contributed by atoms with Gasteiger partial charge in [0.2, 0.25) is 5.13 Å². The molecule has 0 bridgehead atoms. The molecule has 3 aromatic heterocycles. The number of hydrogen-bond acceptors (Lipinski definition) is 7. The number of amides is 1. The van der Waals surface area contributed by atoms with E-state index >= 15 is 0 Å². The summed E-state index contributed by atoms with van der Waals surface area (Å²) in [6.45, 7) is 6.14. The third-order valence-electron chi connectivity index (χ3n) is 2.81. The van der Waals surface area contributed by atoms with Gasteiger partial charge in [-0.2, -0.15) is 0 Å². The first-order valence-corrected chi connectivity index (χ1v) is 8.27. The highest BCUT2D eigenvalue weighted by atomic mass is 32.1. The number of oxazole rings is 1. The van der Waals surface area contributed by atoms with Crippen LogP contribution in [0.5, 0.6) is 0 Å². The summed E-state index contributed by atoms with van der Waals surface area (Å²) in [5.41, 5.74) is 0.145. The number of aromatic nitrogens is 3. The number of hydrogen-bond donors (Lipinski definition) is 1. The Hall–Kier alpha value is -2.06. The summed E-state index contributed by atoms with van der Waals surface area (Å²) in [6.07, 6.45) is 1.27. The smallest absolute Gasteiger partial charge is 0.280 e. The van der Waals surface area contributed by atoms with Gasteiger partial charge in [-0.05, 0) is 11.4 Å². The maximum absolute atomic E-state index is 12.4. The molecular weight excluding hydrogens is 320 g/mol. The number of anilines is 1. The monoisotopic (exact) mass is 334 g/mol. The molecule has 0 saturated heterocycles. The van der Waals surface area contributed by atoms with Gasteiger partial charge in [0.25, 0.3) is 5.91 Å². The van der Waals surface area contributed by atoms with Gasteiger partial charge in [0.05, 0.1) is 4.88 Å². The number of rotatable bonds is 3. The number of thiophene rings is 1. The van der Waals surface area contributed by atoms with E-state index in [0.29, 0.717) is 10.9 Å². The summed E-state index contributed by atoms with van der Waals surface area (Å²) in [5, 5.41) is 14.1. The summed E-state index contributed by atoms with van der Waals surface area (Å²) in [6, 6.07) is 3.77. The zero-order chi connectivity index (χ0) is 15.7. The molecule has 0 fully saturated rings. The van der Waals surface area contributed by atoms with Crippen molar-refractivity contribution in [2.24, 2.45) is 0 Å². The first-order chi connectivity index (χ1) is 10.4. The van der Waals surface area contributed by atoms with E-state index in [4.69, 9.17) is 4.42 Å². The Morgan fingerprint density at radius 2 is 2.14 bits per heavy atom. The Morgan fingerprint density at radius 1 is 1.32 bits per heavy atom. The van der Waals surface area contributed by atoms with Crippen LogP contribution in [0.4, 0.5) is 5.13 Å². The van der Waals surface area contributed by atoms with Crippen LogP contribution in [0.15, 0.2) is 28.3 Å². The Kier molecular flexibility index (Phi) is 3.79. The first-order valence-electron chi connectivity index (χ1n) is 6.58. The Morgan fingerprint density at radius 3 is 2.77 bits per heavy atom. The normalized spacial score (nSPS) is 11.6. The second-order valence-electron chi connectivity index (χ2n) is 5.62. The summed E-state index contributed by atoms with van der Waals surface area (Å²) in [5.74, 6) is 0.113. The van der Waals surface area contributed by atoms with E-state index in [0.717, 1.165) is 9.88 Å². The molecule has 0 spiro atoms. The fraction of sp³-hybridized carbons (Fsp3) is 0.286. The van der Waals surface area contributed by atoms with Crippen LogP contribution in [-0.2, 0) is 5.41 Å². The van der Waals surface area contributed by atoms with Crippen molar-refractivity contribution in [3.63, 3.8) is 0 Å². The molecule has 0 aliphatic carbocycles. The number of carbonyl (C=O) groups is 1. The summed E-state index contributed by atoms with van der Waals surface area (Å²) in [7, 11) is 0.